The smallest absolute Gasteiger partial charge is 0.162 e. The van der Waals surface area contributed by atoms with Crippen molar-refractivity contribution < 1.29 is 0 Å². The predicted molar refractivity (Wildman–Crippen MR) is 76.8 cm³/mol. The number of aromatic nitrogens is 2. The molecule has 0 saturated carbocycles. The molecular formula is C15H18N4. The Kier molecular flexibility index (Phi) is 2.95. The number of fused-ring (bicyclic) bond motifs is 1. The quantitative estimate of drug-likeness (QED) is 0.638. The van der Waals surface area contributed by atoms with Crippen LogP contribution in [0.15, 0.2) is 18.2 Å². The number of hydrazine groups is 1. The molecule has 2 aromatic rings. The molecule has 1 aromatic heterocycles. The molecule has 0 bridgehead atoms. The van der Waals surface area contributed by atoms with Crippen molar-refractivity contribution in [2.75, 3.05) is 5.43 Å². The Morgan fingerprint density at radius 3 is 2.79 bits per heavy atom. The Balaban J connectivity index is 2.18. The van der Waals surface area contributed by atoms with Crippen LogP contribution in [0.1, 0.15) is 28.8 Å². The first-order valence-corrected chi connectivity index (χ1v) is 6.63. The van der Waals surface area contributed by atoms with E-state index < -0.39 is 0 Å². The van der Waals surface area contributed by atoms with Crippen molar-refractivity contribution in [2.24, 2.45) is 5.84 Å². The van der Waals surface area contributed by atoms with Gasteiger partial charge < -0.3 is 5.43 Å². The van der Waals surface area contributed by atoms with Crippen LogP contribution in [0, 0.1) is 13.8 Å². The summed E-state index contributed by atoms with van der Waals surface area (Å²) < 4.78 is 0. The van der Waals surface area contributed by atoms with Gasteiger partial charge in [0.2, 0.25) is 0 Å². The average molecular weight is 254 g/mol. The highest BCUT2D eigenvalue weighted by Gasteiger charge is 2.20. The first kappa shape index (κ1) is 12.1. The third kappa shape index (κ3) is 1.98. The van der Waals surface area contributed by atoms with Gasteiger partial charge in [-0.15, -0.1) is 0 Å². The van der Waals surface area contributed by atoms with E-state index in [9.17, 15) is 0 Å². The molecular weight excluding hydrogens is 236 g/mol. The van der Waals surface area contributed by atoms with E-state index >= 15 is 0 Å². The summed E-state index contributed by atoms with van der Waals surface area (Å²) in [5, 5.41) is 0. The number of anilines is 1. The number of aryl methyl sites for hydroxylation is 2. The Morgan fingerprint density at radius 1 is 1.16 bits per heavy atom. The summed E-state index contributed by atoms with van der Waals surface area (Å²) in [5.41, 5.74) is 8.60. The highest BCUT2D eigenvalue weighted by atomic mass is 15.3. The van der Waals surface area contributed by atoms with Gasteiger partial charge >= 0.3 is 0 Å². The predicted octanol–water partition coefficient (Wildman–Crippen LogP) is 2.53. The summed E-state index contributed by atoms with van der Waals surface area (Å²) in [4.78, 5) is 9.32. The second kappa shape index (κ2) is 4.63. The van der Waals surface area contributed by atoms with Crippen molar-refractivity contribution in [2.45, 2.75) is 33.1 Å². The number of hydrogen-bond donors (Lipinski definition) is 2. The molecule has 3 N–H and O–H groups in total. The third-order valence-corrected chi connectivity index (χ3v) is 3.92. The minimum atomic E-state index is 0.773. The van der Waals surface area contributed by atoms with Crippen molar-refractivity contribution >= 4 is 5.82 Å². The fourth-order valence-corrected chi connectivity index (χ4v) is 2.67. The first-order valence-electron chi connectivity index (χ1n) is 6.63. The maximum absolute atomic E-state index is 5.60. The van der Waals surface area contributed by atoms with E-state index in [0.717, 1.165) is 42.2 Å². The van der Waals surface area contributed by atoms with Crippen LogP contribution in [-0.2, 0) is 12.8 Å². The lowest BCUT2D eigenvalue weighted by Crippen LogP contribution is -2.13. The van der Waals surface area contributed by atoms with Crippen LogP contribution in [0.25, 0.3) is 11.4 Å². The van der Waals surface area contributed by atoms with Gasteiger partial charge in [0.05, 0.1) is 0 Å². The van der Waals surface area contributed by atoms with Crippen LogP contribution in [0.3, 0.4) is 0 Å². The fraction of sp³-hybridized carbons (Fsp3) is 0.333. The molecule has 1 aliphatic carbocycles. The average Bonchev–Trinajstić information content (AvgIpc) is 2.89. The van der Waals surface area contributed by atoms with Gasteiger partial charge in [0.1, 0.15) is 5.82 Å². The summed E-state index contributed by atoms with van der Waals surface area (Å²) in [5.74, 6) is 7.15. The molecule has 1 aliphatic rings. The van der Waals surface area contributed by atoms with E-state index in [1.165, 1.54) is 16.7 Å². The van der Waals surface area contributed by atoms with E-state index in [2.05, 4.69) is 36.4 Å². The topological polar surface area (TPSA) is 63.8 Å². The van der Waals surface area contributed by atoms with Gasteiger partial charge in [0.15, 0.2) is 5.82 Å². The van der Waals surface area contributed by atoms with E-state index in [1.807, 2.05) is 6.07 Å². The molecule has 98 valence electrons. The minimum Gasteiger partial charge on any atom is -0.308 e. The minimum absolute atomic E-state index is 0.773. The van der Waals surface area contributed by atoms with Crippen LogP contribution in [0.2, 0.25) is 0 Å². The summed E-state index contributed by atoms with van der Waals surface area (Å²) in [7, 11) is 0. The lowest BCUT2D eigenvalue weighted by atomic mass is 10.0. The molecule has 3 rings (SSSR count). The third-order valence-electron chi connectivity index (χ3n) is 3.92. The Bertz CT molecular complexity index is 634. The van der Waals surface area contributed by atoms with Crippen LogP contribution in [0.5, 0.6) is 0 Å². The summed E-state index contributed by atoms with van der Waals surface area (Å²) >= 11 is 0. The Labute approximate surface area is 113 Å². The fourth-order valence-electron chi connectivity index (χ4n) is 2.67. The number of nitrogens with zero attached hydrogens (tertiary/aromatic N) is 2. The summed E-state index contributed by atoms with van der Waals surface area (Å²) in [6, 6.07) is 6.22. The molecule has 19 heavy (non-hydrogen) atoms. The molecule has 0 aliphatic heterocycles. The van der Waals surface area contributed by atoms with Crippen molar-refractivity contribution in [3.8, 4) is 11.4 Å². The number of nitrogen functional groups attached to an aromatic ring is 1. The van der Waals surface area contributed by atoms with Gasteiger partial charge in [-0.25, -0.2) is 15.8 Å². The van der Waals surface area contributed by atoms with Crippen molar-refractivity contribution in [1.29, 1.82) is 0 Å². The summed E-state index contributed by atoms with van der Waals surface area (Å²) in [6.45, 7) is 4.21. The number of nitrogens with two attached hydrogens (primary N) is 1. The maximum Gasteiger partial charge on any atom is 0.162 e. The second-order valence-electron chi connectivity index (χ2n) is 5.07. The van der Waals surface area contributed by atoms with E-state index in [-0.39, 0.29) is 0 Å². The van der Waals surface area contributed by atoms with Gasteiger partial charge in [-0.1, -0.05) is 18.2 Å². The van der Waals surface area contributed by atoms with Crippen LogP contribution < -0.4 is 11.3 Å². The van der Waals surface area contributed by atoms with E-state index in [0.29, 0.717) is 0 Å². The monoisotopic (exact) mass is 254 g/mol. The van der Waals surface area contributed by atoms with Gasteiger partial charge in [0.25, 0.3) is 0 Å². The molecule has 0 spiro atoms. The van der Waals surface area contributed by atoms with Gasteiger partial charge in [-0.3, -0.25) is 0 Å². The molecule has 1 heterocycles. The van der Waals surface area contributed by atoms with Crippen molar-refractivity contribution in [3.05, 3.63) is 40.6 Å². The number of hydrogen-bond acceptors (Lipinski definition) is 4. The van der Waals surface area contributed by atoms with Crippen LogP contribution in [-0.4, -0.2) is 9.97 Å². The first-order chi connectivity index (χ1) is 9.20. The zero-order valence-corrected chi connectivity index (χ0v) is 11.3. The van der Waals surface area contributed by atoms with Crippen LogP contribution in [0.4, 0.5) is 5.82 Å². The molecule has 0 amide bonds. The standard InChI is InChI=1S/C15H18N4/c1-9-5-3-6-11(10(9)2)14-17-13-8-4-7-12(13)15(18-14)19-16/h3,5-6H,4,7-8,16H2,1-2H3,(H,17,18,19). The zero-order valence-electron chi connectivity index (χ0n) is 11.3. The lowest BCUT2D eigenvalue weighted by Gasteiger charge is -2.12. The molecule has 0 radical (unpaired) electrons. The highest BCUT2D eigenvalue weighted by Crippen LogP contribution is 2.30. The number of rotatable bonds is 2. The second-order valence-corrected chi connectivity index (χ2v) is 5.07. The van der Waals surface area contributed by atoms with E-state index in [4.69, 9.17) is 10.8 Å². The van der Waals surface area contributed by atoms with E-state index in [1.54, 1.807) is 0 Å². The zero-order chi connectivity index (χ0) is 13.4. The largest absolute Gasteiger partial charge is 0.308 e. The normalized spacial score (nSPS) is 13.4. The SMILES string of the molecule is Cc1cccc(-c2nc3c(c(NN)n2)CCC3)c1C. The van der Waals surface area contributed by atoms with Crippen molar-refractivity contribution in [3.63, 3.8) is 0 Å². The molecule has 0 unspecified atom stereocenters. The Morgan fingerprint density at radius 2 is 2.00 bits per heavy atom. The molecule has 0 atom stereocenters. The molecule has 4 heteroatoms. The summed E-state index contributed by atoms with van der Waals surface area (Å²) in [6.07, 6.45) is 3.17. The lowest BCUT2D eigenvalue weighted by molar-refractivity contribution is 0.900. The van der Waals surface area contributed by atoms with Crippen molar-refractivity contribution in [1.82, 2.24) is 9.97 Å². The molecule has 1 aromatic carbocycles. The maximum atomic E-state index is 5.60. The van der Waals surface area contributed by atoms with Gasteiger partial charge in [0, 0.05) is 16.8 Å². The molecule has 0 saturated heterocycles. The highest BCUT2D eigenvalue weighted by molar-refractivity contribution is 5.65. The van der Waals surface area contributed by atoms with Crippen LogP contribution >= 0.6 is 0 Å². The Hall–Kier alpha value is -1.94. The molecule has 4 nitrogen and oxygen atoms in total. The number of benzene rings is 1. The van der Waals surface area contributed by atoms with Gasteiger partial charge in [-0.2, -0.15) is 0 Å². The number of nitrogens with one attached hydrogen (secondary N) is 1. The van der Waals surface area contributed by atoms with Gasteiger partial charge in [-0.05, 0) is 44.2 Å². The molecule has 0 fully saturated rings.